The Morgan fingerprint density at radius 2 is 1.60 bits per heavy atom. The highest BCUT2D eigenvalue weighted by Crippen LogP contribution is 2.27. The Labute approximate surface area is 218 Å². The fourth-order valence-electron chi connectivity index (χ4n) is 3.61. The zero-order chi connectivity index (χ0) is 26.3. The number of amides is 2. The van der Waals surface area contributed by atoms with E-state index in [9.17, 15) is 18.0 Å². The van der Waals surface area contributed by atoms with Crippen LogP contribution in [0.2, 0.25) is 10.0 Å². The van der Waals surface area contributed by atoms with E-state index >= 15 is 0 Å². The van der Waals surface area contributed by atoms with Gasteiger partial charge in [0.1, 0.15) is 6.04 Å². The summed E-state index contributed by atoms with van der Waals surface area (Å²) in [4.78, 5) is 27.5. The number of carbonyl (C=O) groups excluding carboxylic acids is 2. The van der Waals surface area contributed by atoms with Crippen LogP contribution in [0.5, 0.6) is 0 Å². The summed E-state index contributed by atoms with van der Waals surface area (Å²) < 4.78 is 26.3. The topological polar surface area (TPSA) is 86.8 Å². The van der Waals surface area contributed by atoms with Gasteiger partial charge in [-0.25, -0.2) is 8.42 Å². The van der Waals surface area contributed by atoms with E-state index in [1.54, 1.807) is 44.2 Å². The van der Waals surface area contributed by atoms with Crippen LogP contribution < -0.4 is 9.62 Å². The van der Waals surface area contributed by atoms with E-state index in [0.29, 0.717) is 15.7 Å². The number of hydrogen-bond acceptors (Lipinski definition) is 4. The van der Waals surface area contributed by atoms with Gasteiger partial charge in [-0.1, -0.05) is 41.4 Å². The first-order chi connectivity index (χ1) is 16.3. The summed E-state index contributed by atoms with van der Waals surface area (Å²) in [5.41, 5.74) is 2.07. The third kappa shape index (κ3) is 8.70. The molecule has 2 aromatic rings. The molecule has 2 rings (SSSR count). The highest BCUT2D eigenvalue weighted by Gasteiger charge is 2.27. The zero-order valence-corrected chi connectivity index (χ0v) is 23.0. The first kappa shape index (κ1) is 28.9. The third-order valence-electron chi connectivity index (χ3n) is 5.46. The molecular weight excluding hydrogens is 509 g/mol. The lowest BCUT2D eigenvalue weighted by molar-refractivity contribution is -0.140. The molecule has 1 unspecified atom stereocenters. The molecule has 0 spiro atoms. The number of aryl methyl sites for hydroxylation is 1. The molecule has 0 radical (unpaired) electrons. The lowest BCUT2D eigenvalue weighted by atomic mass is 10.1. The predicted molar refractivity (Wildman–Crippen MR) is 142 cm³/mol. The van der Waals surface area contributed by atoms with E-state index in [1.807, 2.05) is 26.0 Å². The van der Waals surface area contributed by atoms with Crippen molar-refractivity contribution in [2.24, 2.45) is 0 Å². The van der Waals surface area contributed by atoms with Crippen LogP contribution in [-0.2, 0) is 26.2 Å². The van der Waals surface area contributed by atoms with Gasteiger partial charge in [-0.05, 0) is 69.5 Å². The summed E-state index contributed by atoms with van der Waals surface area (Å²) in [5, 5.41) is 3.85. The molecule has 0 heterocycles. The number of rotatable bonds is 11. The summed E-state index contributed by atoms with van der Waals surface area (Å²) in [5.74, 6) is -0.503. The normalized spacial score (nSPS) is 12.3. The number of anilines is 1. The summed E-state index contributed by atoms with van der Waals surface area (Å²) in [7, 11) is -3.60. The smallest absolute Gasteiger partial charge is 0.242 e. The van der Waals surface area contributed by atoms with Crippen LogP contribution in [0, 0.1) is 6.92 Å². The van der Waals surface area contributed by atoms with Gasteiger partial charge in [0.2, 0.25) is 21.8 Å². The van der Waals surface area contributed by atoms with Gasteiger partial charge >= 0.3 is 0 Å². The molecule has 0 fully saturated rings. The molecule has 1 N–H and O–H groups in total. The van der Waals surface area contributed by atoms with E-state index in [2.05, 4.69) is 5.32 Å². The summed E-state index contributed by atoms with van der Waals surface area (Å²) in [6.45, 7) is 7.53. The summed E-state index contributed by atoms with van der Waals surface area (Å²) >= 11 is 12.1. The molecule has 35 heavy (non-hydrogen) atoms. The Kier molecular flexibility index (Phi) is 10.4. The van der Waals surface area contributed by atoms with E-state index in [-0.39, 0.29) is 43.8 Å². The molecule has 0 saturated carbocycles. The molecule has 10 heteroatoms. The molecular formula is C25H33Cl2N3O4S. The SMILES string of the molecule is Cc1ccc(Cl)cc1N(CCCC(=O)N(Cc1ccc(Cl)cc1)C(C)C(=O)NC(C)C)S(C)(=O)=O. The molecule has 0 aliphatic heterocycles. The van der Waals surface area contributed by atoms with Crippen molar-refractivity contribution in [3.8, 4) is 0 Å². The summed E-state index contributed by atoms with van der Waals surface area (Å²) in [6.07, 6.45) is 1.46. The minimum absolute atomic E-state index is 0.0679. The molecule has 0 saturated heterocycles. The van der Waals surface area contributed by atoms with Crippen molar-refractivity contribution in [2.75, 3.05) is 17.1 Å². The van der Waals surface area contributed by atoms with Gasteiger partial charge in [0.25, 0.3) is 0 Å². The van der Waals surface area contributed by atoms with Crippen molar-refractivity contribution in [2.45, 2.75) is 59.2 Å². The molecule has 0 bridgehead atoms. The number of halogens is 2. The van der Waals surface area contributed by atoms with Gasteiger partial charge in [0.05, 0.1) is 11.9 Å². The Bertz CT molecular complexity index is 1140. The molecule has 0 aliphatic carbocycles. The Morgan fingerprint density at radius 1 is 1.00 bits per heavy atom. The lowest BCUT2D eigenvalue weighted by Gasteiger charge is -2.30. The number of benzene rings is 2. The van der Waals surface area contributed by atoms with Crippen LogP contribution in [0.15, 0.2) is 42.5 Å². The number of nitrogens with zero attached hydrogens (tertiary/aromatic N) is 2. The fraction of sp³-hybridized carbons (Fsp3) is 0.440. The standard InChI is InChI=1S/C25H33Cl2N3O4S/c1-17(2)28-25(32)19(4)29(16-20-9-12-21(26)13-10-20)24(31)7-6-14-30(35(5,33)34)23-15-22(27)11-8-18(23)3/h8-13,15,17,19H,6-7,14,16H2,1-5H3,(H,28,32). The van der Waals surface area contributed by atoms with Gasteiger partial charge in [0, 0.05) is 35.6 Å². The van der Waals surface area contributed by atoms with E-state index in [4.69, 9.17) is 23.2 Å². The van der Waals surface area contributed by atoms with Crippen LogP contribution in [0.4, 0.5) is 5.69 Å². The first-order valence-electron chi connectivity index (χ1n) is 11.4. The monoisotopic (exact) mass is 541 g/mol. The molecule has 1 atom stereocenters. The number of hydrogen-bond donors (Lipinski definition) is 1. The predicted octanol–water partition coefficient (Wildman–Crippen LogP) is 4.79. The second-order valence-corrected chi connectivity index (χ2v) is 11.6. The Hall–Kier alpha value is -2.29. The van der Waals surface area contributed by atoms with Crippen molar-refractivity contribution in [3.63, 3.8) is 0 Å². The van der Waals surface area contributed by atoms with Crippen LogP contribution in [-0.4, -0.2) is 50.0 Å². The van der Waals surface area contributed by atoms with E-state index in [0.717, 1.165) is 17.4 Å². The zero-order valence-electron chi connectivity index (χ0n) is 20.7. The van der Waals surface area contributed by atoms with Crippen molar-refractivity contribution < 1.29 is 18.0 Å². The molecule has 0 aromatic heterocycles. The number of carbonyl (C=O) groups is 2. The average Bonchev–Trinajstić information content (AvgIpc) is 2.76. The van der Waals surface area contributed by atoms with Crippen molar-refractivity contribution >= 4 is 50.7 Å². The maximum Gasteiger partial charge on any atom is 0.242 e. The first-order valence-corrected chi connectivity index (χ1v) is 14.0. The Morgan fingerprint density at radius 3 is 2.17 bits per heavy atom. The maximum absolute atomic E-state index is 13.3. The molecule has 2 aromatic carbocycles. The van der Waals surface area contributed by atoms with Gasteiger partial charge in [-0.2, -0.15) is 0 Å². The minimum Gasteiger partial charge on any atom is -0.352 e. The fourth-order valence-corrected chi connectivity index (χ4v) is 4.91. The molecule has 2 amide bonds. The largest absolute Gasteiger partial charge is 0.352 e. The molecule has 7 nitrogen and oxygen atoms in total. The quantitative estimate of drug-likeness (QED) is 0.443. The van der Waals surface area contributed by atoms with Gasteiger partial charge in [-0.3, -0.25) is 13.9 Å². The van der Waals surface area contributed by atoms with Crippen molar-refractivity contribution in [3.05, 3.63) is 63.6 Å². The van der Waals surface area contributed by atoms with Crippen LogP contribution in [0.1, 0.15) is 44.7 Å². The molecule has 192 valence electrons. The number of sulfonamides is 1. The highest BCUT2D eigenvalue weighted by atomic mass is 35.5. The average molecular weight is 543 g/mol. The van der Waals surface area contributed by atoms with Crippen LogP contribution >= 0.6 is 23.2 Å². The van der Waals surface area contributed by atoms with Gasteiger partial charge in [0.15, 0.2) is 0 Å². The lowest BCUT2D eigenvalue weighted by Crippen LogP contribution is -2.49. The van der Waals surface area contributed by atoms with Crippen molar-refractivity contribution in [1.29, 1.82) is 0 Å². The minimum atomic E-state index is -3.60. The van der Waals surface area contributed by atoms with Gasteiger partial charge in [-0.15, -0.1) is 0 Å². The van der Waals surface area contributed by atoms with Crippen molar-refractivity contribution in [1.82, 2.24) is 10.2 Å². The number of nitrogens with one attached hydrogen (secondary N) is 1. The van der Waals surface area contributed by atoms with Crippen LogP contribution in [0.25, 0.3) is 0 Å². The second kappa shape index (κ2) is 12.6. The highest BCUT2D eigenvalue weighted by molar-refractivity contribution is 7.92. The maximum atomic E-state index is 13.3. The summed E-state index contributed by atoms with van der Waals surface area (Å²) in [6, 6.07) is 11.4. The van der Waals surface area contributed by atoms with Gasteiger partial charge < -0.3 is 10.2 Å². The molecule has 0 aliphatic rings. The van der Waals surface area contributed by atoms with E-state index < -0.39 is 16.1 Å². The van der Waals surface area contributed by atoms with E-state index in [1.165, 1.54) is 9.21 Å². The third-order valence-corrected chi connectivity index (χ3v) is 7.12. The Balaban J connectivity index is 2.20. The van der Waals surface area contributed by atoms with Crippen LogP contribution in [0.3, 0.4) is 0 Å². The second-order valence-electron chi connectivity index (χ2n) is 8.86.